The molecule has 1 saturated heterocycles. The van der Waals surface area contributed by atoms with Gasteiger partial charge in [-0.3, -0.25) is 4.79 Å². The molecular formula is C20H17F2N3O2. The van der Waals surface area contributed by atoms with Crippen molar-refractivity contribution in [3.8, 4) is 11.4 Å². The molecule has 27 heavy (non-hydrogen) atoms. The number of rotatable bonds is 3. The second kappa shape index (κ2) is 7.26. The average molecular weight is 369 g/mol. The summed E-state index contributed by atoms with van der Waals surface area (Å²) in [4.78, 5) is 18.9. The van der Waals surface area contributed by atoms with Crippen molar-refractivity contribution in [3.63, 3.8) is 0 Å². The summed E-state index contributed by atoms with van der Waals surface area (Å²) in [5.41, 5.74) is 0.788. The zero-order valence-electron chi connectivity index (χ0n) is 14.4. The Balaban J connectivity index is 1.62. The molecule has 0 unspecified atom stereocenters. The summed E-state index contributed by atoms with van der Waals surface area (Å²) in [5.74, 6) is -0.545. The Bertz CT molecular complexity index is 973. The minimum Gasteiger partial charge on any atom is -0.337 e. The highest BCUT2D eigenvalue weighted by molar-refractivity contribution is 5.94. The van der Waals surface area contributed by atoms with Crippen LogP contribution in [0.5, 0.6) is 0 Å². The lowest BCUT2D eigenvalue weighted by Gasteiger charge is -2.33. The fourth-order valence-electron chi connectivity index (χ4n) is 3.33. The van der Waals surface area contributed by atoms with Crippen LogP contribution in [0.25, 0.3) is 11.4 Å². The van der Waals surface area contributed by atoms with E-state index in [0.717, 1.165) is 12.8 Å². The largest absolute Gasteiger partial charge is 0.337 e. The molecule has 0 radical (unpaired) electrons. The first-order valence-electron chi connectivity index (χ1n) is 8.78. The molecule has 4 rings (SSSR count). The third-order valence-corrected chi connectivity index (χ3v) is 4.64. The van der Waals surface area contributed by atoms with Gasteiger partial charge in [-0.2, -0.15) is 4.98 Å². The smallest absolute Gasteiger partial charge is 0.254 e. The van der Waals surface area contributed by atoms with Crippen LogP contribution in [0, 0.1) is 11.6 Å². The van der Waals surface area contributed by atoms with Crippen molar-refractivity contribution in [3.05, 3.63) is 71.6 Å². The van der Waals surface area contributed by atoms with Crippen molar-refractivity contribution in [2.75, 3.05) is 6.54 Å². The van der Waals surface area contributed by atoms with E-state index in [2.05, 4.69) is 10.1 Å². The molecule has 1 fully saturated rings. The molecule has 2 heterocycles. The molecule has 1 aromatic heterocycles. The van der Waals surface area contributed by atoms with Gasteiger partial charge in [-0.05, 0) is 49.6 Å². The van der Waals surface area contributed by atoms with Gasteiger partial charge in [-0.1, -0.05) is 23.4 Å². The maximum Gasteiger partial charge on any atom is 0.254 e. The fraction of sp³-hybridized carbons (Fsp3) is 0.250. The molecule has 0 spiro atoms. The molecule has 1 aliphatic rings. The number of nitrogens with zero attached hydrogens (tertiary/aromatic N) is 3. The maximum atomic E-state index is 13.5. The molecule has 138 valence electrons. The average Bonchev–Trinajstić information content (AvgIpc) is 3.17. The summed E-state index contributed by atoms with van der Waals surface area (Å²) in [5, 5.41) is 3.93. The van der Waals surface area contributed by atoms with Crippen LogP contribution < -0.4 is 0 Å². The Morgan fingerprint density at radius 1 is 1.07 bits per heavy atom. The lowest BCUT2D eigenvalue weighted by atomic mass is 10.0. The minimum atomic E-state index is -0.458. The summed E-state index contributed by atoms with van der Waals surface area (Å²) in [6.07, 6.45) is 2.43. The van der Waals surface area contributed by atoms with Crippen molar-refractivity contribution in [1.29, 1.82) is 0 Å². The van der Waals surface area contributed by atoms with Gasteiger partial charge < -0.3 is 9.42 Å². The molecule has 1 amide bonds. The van der Waals surface area contributed by atoms with Crippen molar-refractivity contribution in [1.82, 2.24) is 15.0 Å². The number of carbonyl (C=O) groups excluding carboxylic acids is 1. The zero-order chi connectivity index (χ0) is 18.8. The van der Waals surface area contributed by atoms with Crippen LogP contribution in [0.2, 0.25) is 0 Å². The number of aromatic nitrogens is 2. The Kier molecular flexibility index (Phi) is 4.66. The molecule has 0 saturated carbocycles. The fourth-order valence-corrected chi connectivity index (χ4v) is 3.33. The van der Waals surface area contributed by atoms with Gasteiger partial charge in [0.25, 0.3) is 5.91 Å². The second-order valence-electron chi connectivity index (χ2n) is 6.49. The monoisotopic (exact) mass is 369 g/mol. The van der Waals surface area contributed by atoms with Gasteiger partial charge in [0.2, 0.25) is 11.7 Å². The summed E-state index contributed by atoms with van der Waals surface area (Å²) in [7, 11) is 0. The van der Waals surface area contributed by atoms with Crippen LogP contribution in [0.15, 0.2) is 53.1 Å². The van der Waals surface area contributed by atoms with E-state index in [1.165, 1.54) is 30.3 Å². The zero-order valence-corrected chi connectivity index (χ0v) is 14.4. The van der Waals surface area contributed by atoms with Crippen LogP contribution >= 0.6 is 0 Å². The Hall–Kier alpha value is -3.09. The number of benzene rings is 2. The standard InChI is InChI=1S/C20H17F2N3O2/c21-15-7-3-5-13(11-15)18-23-19(27-24-18)17-9-1-2-10-25(17)20(26)14-6-4-8-16(22)12-14/h3-8,11-12,17H,1-2,9-10H2/t17-/m1/s1. The predicted molar refractivity (Wildman–Crippen MR) is 93.7 cm³/mol. The SMILES string of the molecule is O=C(c1cccc(F)c1)N1CCCC[C@@H]1c1nc(-c2cccc(F)c2)no1. The van der Waals surface area contributed by atoms with E-state index in [4.69, 9.17) is 4.52 Å². The van der Waals surface area contributed by atoms with Gasteiger partial charge >= 0.3 is 0 Å². The molecule has 7 heteroatoms. The molecule has 0 N–H and O–H groups in total. The van der Waals surface area contributed by atoms with Gasteiger partial charge in [-0.25, -0.2) is 8.78 Å². The van der Waals surface area contributed by atoms with Gasteiger partial charge in [0.05, 0.1) is 0 Å². The Morgan fingerprint density at radius 2 is 1.85 bits per heavy atom. The first kappa shape index (κ1) is 17.3. The lowest BCUT2D eigenvalue weighted by Crippen LogP contribution is -2.38. The highest BCUT2D eigenvalue weighted by Crippen LogP contribution is 2.32. The van der Waals surface area contributed by atoms with E-state index in [9.17, 15) is 13.6 Å². The van der Waals surface area contributed by atoms with E-state index in [0.29, 0.717) is 24.4 Å². The van der Waals surface area contributed by atoms with E-state index in [-0.39, 0.29) is 29.2 Å². The van der Waals surface area contributed by atoms with E-state index >= 15 is 0 Å². The number of piperidine rings is 1. The van der Waals surface area contributed by atoms with Crippen molar-refractivity contribution in [2.45, 2.75) is 25.3 Å². The first-order valence-corrected chi connectivity index (χ1v) is 8.78. The second-order valence-corrected chi connectivity index (χ2v) is 6.49. The summed E-state index contributed by atoms with van der Waals surface area (Å²) >= 11 is 0. The van der Waals surface area contributed by atoms with Gasteiger partial charge in [0, 0.05) is 17.7 Å². The number of amides is 1. The van der Waals surface area contributed by atoms with Gasteiger partial charge in [0.15, 0.2) is 0 Å². The van der Waals surface area contributed by atoms with Crippen LogP contribution in [-0.2, 0) is 0 Å². The number of hydrogen-bond acceptors (Lipinski definition) is 4. The van der Waals surface area contributed by atoms with Gasteiger partial charge in [0.1, 0.15) is 17.7 Å². The quantitative estimate of drug-likeness (QED) is 0.687. The highest BCUT2D eigenvalue weighted by atomic mass is 19.1. The minimum absolute atomic E-state index is 0.272. The van der Waals surface area contributed by atoms with E-state index in [1.54, 1.807) is 23.1 Å². The molecule has 2 aromatic carbocycles. The Labute approximate surface area is 154 Å². The Morgan fingerprint density at radius 3 is 2.63 bits per heavy atom. The van der Waals surface area contributed by atoms with E-state index < -0.39 is 5.82 Å². The lowest BCUT2D eigenvalue weighted by molar-refractivity contribution is 0.0561. The van der Waals surface area contributed by atoms with Crippen LogP contribution in [-0.4, -0.2) is 27.5 Å². The highest BCUT2D eigenvalue weighted by Gasteiger charge is 2.33. The number of halogens is 2. The van der Waals surface area contributed by atoms with Crippen molar-refractivity contribution in [2.24, 2.45) is 0 Å². The molecule has 1 atom stereocenters. The topological polar surface area (TPSA) is 59.2 Å². The molecule has 3 aromatic rings. The summed E-state index contributed by atoms with van der Waals surface area (Å²) < 4.78 is 32.3. The summed E-state index contributed by atoms with van der Waals surface area (Å²) in [6.45, 7) is 0.525. The molecular weight excluding hydrogens is 352 g/mol. The third-order valence-electron chi connectivity index (χ3n) is 4.64. The van der Waals surface area contributed by atoms with Crippen molar-refractivity contribution >= 4 is 5.91 Å². The van der Waals surface area contributed by atoms with Crippen molar-refractivity contribution < 1.29 is 18.1 Å². The molecule has 0 aliphatic carbocycles. The molecule has 5 nitrogen and oxygen atoms in total. The molecule has 0 bridgehead atoms. The number of carbonyl (C=O) groups is 1. The van der Waals surface area contributed by atoms with E-state index in [1.807, 2.05) is 0 Å². The first-order chi connectivity index (χ1) is 13.1. The number of hydrogen-bond donors (Lipinski definition) is 0. The maximum absolute atomic E-state index is 13.5. The predicted octanol–water partition coefficient (Wildman–Crippen LogP) is 4.38. The van der Waals surface area contributed by atoms with Crippen LogP contribution in [0.1, 0.15) is 41.6 Å². The number of likely N-dealkylation sites (tertiary alicyclic amines) is 1. The third kappa shape index (κ3) is 3.58. The molecule has 1 aliphatic heterocycles. The van der Waals surface area contributed by atoms with Crippen LogP contribution in [0.4, 0.5) is 8.78 Å². The van der Waals surface area contributed by atoms with Gasteiger partial charge in [-0.15, -0.1) is 0 Å². The normalized spacial score (nSPS) is 17.1. The summed E-state index contributed by atoms with van der Waals surface area (Å²) in [6, 6.07) is 11.2. The van der Waals surface area contributed by atoms with Crippen LogP contribution in [0.3, 0.4) is 0 Å².